The van der Waals surface area contributed by atoms with Crippen molar-refractivity contribution in [3.8, 4) is 0 Å². The van der Waals surface area contributed by atoms with Gasteiger partial charge in [0.15, 0.2) is 5.96 Å². The summed E-state index contributed by atoms with van der Waals surface area (Å²) in [5.74, 6) is 0.798. The van der Waals surface area contributed by atoms with Crippen LogP contribution in [0.1, 0.15) is 21.1 Å². The van der Waals surface area contributed by atoms with Gasteiger partial charge in [0.05, 0.1) is 17.2 Å². The Balaban J connectivity index is 1.86. The first-order chi connectivity index (χ1) is 11.0. The molecule has 0 saturated heterocycles. The van der Waals surface area contributed by atoms with E-state index in [1.54, 1.807) is 18.4 Å². The van der Waals surface area contributed by atoms with Crippen LogP contribution in [0, 0.1) is 13.8 Å². The highest BCUT2D eigenvalue weighted by Gasteiger charge is 2.06. The van der Waals surface area contributed by atoms with Crippen LogP contribution < -0.4 is 15.5 Å². The number of anilines is 1. The Labute approximate surface area is 142 Å². The minimum atomic E-state index is 0.744. The summed E-state index contributed by atoms with van der Waals surface area (Å²) < 4.78 is 0. The smallest absolute Gasteiger partial charge is 0.191 e. The third kappa shape index (κ3) is 4.96. The standard InChI is InChI=1S/C17H25N5S/c1-12-16(23-13(2)21-12)11-20-17(18-3)19-10-14-6-8-15(9-7-14)22(4)5/h6-9H,10-11H2,1-5H3,(H2,18,19,20). The molecule has 0 fully saturated rings. The van der Waals surface area contributed by atoms with Gasteiger partial charge in [0.25, 0.3) is 0 Å². The Bertz CT molecular complexity index is 658. The number of hydrogen-bond acceptors (Lipinski definition) is 4. The van der Waals surface area contributed by atoms with Crippen molar-refractivity contribution in [2.45, 2.75) is 26.9 Å². The molecule has 0 aliphatic rings. The molecule has 1 aromatic carbocycles. The van der Waals surface area contributed by atoms with Crippen LogP contribution in [0.25, 0.3) is 0 Å². The number of aryl methyl sites for hydroxylation is 2. The van der Waals surface area contributed by atoms with Crippen LogP contribution in [0.4, 0.5) is 5.69 Å². The molecular formula is C17H25N5S. The summed E-state index contributed by atoms with van der Waals surface area (Å²) in [6.07, 6.45) is 0. The maximum Gasteiger partial charge on any atom is 0.191 e. The lowest BCUT2D eigenvalue weighted by Gasteiger charge is -2.14. The molecule has 0 atom stereocenters. The topological polar surface area (TPSA) is 52.6 Å². The molecule has 2 N–H and O–H groups in total. The lowest BCUT2D eigenvalue weighted by atomic mass is 10.2. The first kappa shape index (κ1) is 17.3. The zero-order valence-electron chi connectivity index (χ0n) is 14.5. The average Bonchev–Trinajstić information content (AvgIpc) is 2.85. The second-order valence-electron chi connectivity index (χ2n) is 5.58. The van der Waals surface area contributed by atoms with Crippen molar-refractivity contribution in [2.75, 3.05) is 26.0 Å². The van der Waals surface area contributed by atoms with Crippen LogP contribution in [-0.4, -0.2) is 32.1 Å². The Hall–Kier alpha value is -2.08. The second-order valence-corrected chi connectivity index (χ2v) is 6.87. The summed E-state index contributed by atoms with van der Waals surface area (Å²) >= 11 is 1.72. The molecule has 2 aromatic rings. The van der Waals surface area contributed by atoms with Gasteiger partial charge in [-0.15, -0.1) is 11.3 Å². The van der Waals surface area contributed by atoms with Crippen molar-refractivity contribution in [3.63, 3.8) is 0 Å². The highest BCUT2D eigenvalue weighted by molar-refractivity contribution is 7.11. The summed E-state index contributed by atoms with van der Waals surface area (Å²) in [5.41, 5.74) is 3.52. The maximum absolute atomic E-state index is 4.45. The number of aromatic nitrogens is 1. The minimum absolute atomic E-state index is 0.744. The normalized spacial score (nSPS) is 11.4. The predicted molar refractivity (Wildman–Crippen MR) is 99.4 cm³/mol. The van der Waals surface area contributed by atoms with Gasteiger partial charge < -0.3 is 15.5 Å². The van der Waals surface area contributed by atoms with Crippen molar-refractivity contribution < 1.29 is 0 Å². The van der Waals surface area contributed by atoms with E-state index in [9.17, 15) is 0 Å². The van der Waals surface area contributed by atoms with Gasteiger partial charge in [0.1, 0.15) is 0 Å². The number of hydrogen-bond donors (Lipinski definition) is 2. The third-order valence-electron chi connectivity index (χ3n) is 3.55. The number of thiazole rings is 1. The number of aliphatic imine (C=N–C) groups is 1. The molecule has 0 radical (unpaired) electrons. The number of rotatable bonds is 5. The number of benzene rings is 1. The molecule has 0 unspecified atom stereocenters. The van der Waals surface area contributed by atoms with Crippen LogP contribution in [0.3, 0.4) is 0 Å². The van der Waals surface area contributed by atoms with E-state index >= 15 is 0 Å². The number of nitrogens with one attached hydrogen (secondary N) is 2. The first-order valence-corrected chi connectivity index (χ1v) is 8.45. The van der Waals surface area contributed by atoms with Gasteiger partial charge in [-0.3, -0.25) is 4.99 Å². The fourth-order valence-corrected chi connectivity index (χ4v) is 3.10. The van der Waals surface area contributed by atoms with Crippen LogP contribution >= 0.6 is 11.3 Å². The third-order valence-corrected chi connectivity index (χ3v) is 4.63. The van der Waals surface area contributed by atoms with E-state index in [0.717, 1.165) is 29.8 Å². The molecule has 2 rings (SSSR count). The summed E-state index contributed by atoms with van der Waals surface area (Å²) in [6, 6.07) is 8.51. The second kappa shape index (κ2) is 7.97. The molecule has 0 bridgehead atoms. The van der Waals surface area contributed by atoms with Crippen LogP contribution in [0.5, 0.6) is 0 Å². The molecular weight excluding hydrogens is 306 g/mol. The molecule has 0 spiro atoms. The van der Waals surface area contributed by atoms with Gasteiger partial charge in [-0.25, -0.2) is 4.98 Å². The first-order valence-electron chi connectivity index (χ1n) is 7.63. The SMILES string of the molecule is CN=C(NCc1ccc(N(C)C)cc1)NCc1sc(C)nc1C. The monoisotopic (exact) mass is 331 g/mol. The Morgan fingerprint density at radius 2 is 1.78 bits per heavy atom. The molecule has 6 heteroatoms. The average molecular weight is 331 g/mol. The zero-order chi connectivity index (χ0) is 16.8. The van der Waals surface area contributed by atoms with Crippen LogP contribution in [0.2, 0.25) is 0 Å². The molecule has 23 heavy (non-hydrogen) atoms. The lowest BCUT2D eigenvalue weighted by molar-refractivity contribution is 0.811. The van der Waals surface area contributed by atoms with Gasteiger partial charge in [0, 0.05) is 38.3 Å². The van der Waals surface area contributed by atoms with E-state index in [1.807, 2.05) is 27.9 Å². The molecule has 0 aliphatic carbocycles. The fraction of sp³-hybridized carbons (Fsp3) is 0.412. The van der Waals surface area contributed by atoms with E-state index in [-0.39, 0.29) is 0 Å². The van der Waals surface area contributed by atoms with Gasteiger partial charge in [-0.05, 0) is 31.5 Å². The quantitative estimate of drug-likeness (QED) is 0.653. The van der Waals surface area contributed by atoms with E-state index in [1.165, 1.54) is 16.1 Å². The molecule has 0 saturated carbocycles. The van der Waals surface area contributed by atoms with Crippen LogP contribution in [-0.2, 0) is 13.1 Å². The predicted octanol–water partition coefficient (Wildman–Crippen LogP) is 2.69. The Morgan fingerprint density at radius 1 is 1.13 bits per heavy atom. The molecule has 124 valence electrons. The van der Waals surface area contributed by atoms with E-state index in [2.05, 4.69) is 49.8 Å². The Kier molecular flexibility index (Phi) is 5.98. The van der Waals surface area contributed by atoms with Crippen molar-refractivity contribution in [1.29, 1.82) is 0 Å². The van der Waals surface area contributed by atoms with E-state index in [0.29, 0.717) is 0 Å². The van der Waals surface area contributed by atoms with Crippen molar-refractivity contribution >= 4 is 23.0 Å². The highest BCUT2D eigenvalue weighted by Crippen LogP contribution is 2.16. The largest absolute Gasteiger partial charge is 0.378 e. The molecule has 1 aromatic heterocycles. The molecule has 1 heterocycles. The molecule has 0 aliphatic heterocycles. The van der Waals surface area contributed by atoms with Gasteiger partial charge >= 0.3 is 0 Å². The summed E-state index contributed by atoms with van der Waals surface area (Å²) in [5, 5.41) is 7.78. The Morgan fingerprint density at radius 3 is 2.30 bits per heavy atom. The van der Waals surface area contributed by atoms with Crippen molar-refractivity contribution in [3.05, 3.63) is 45.4 Å². The van der Waals surface area contributed by atoms with Gasteiger partial charge in [0.2, 0.25) is 0 Å². The van der Waals surface area contributed by atoms with Crippen molar-refractivity contribution in [1.82, 2.24) is 15.6 Å². The summed E-state index contributed by atoms with van der Waals surface area (Å²) in [7, 11) is 5.87. The summed E-state index contributed by atoms with van der Waals surface area (Å²) in [6.45, 7) is 5.57. The van der Waals surface area contributed by atoms with Crippen molar-refractivity contribution in [2.24, 2.45) is 4.99 Å². The van der Waals surface area contributed by atoms with Gasteiger partial charge in [-0.1, -0.05) is 12.1 Å². The maximum atomic E-state index is 4.45. The highest BCUT2D eigenvalue weighted by atomic mass is 32.1. The lowest BCUT2D eigenvalue weighted by Crippen LogP contribution is -2.36. The van der Waals surface area contributed by atoms with E-state index in [4.69, 9.17) is 0 Å². The fourth-order valence-electron chi connectivity index (χ4n) is 2.22. The summed E-state index contributed by atoms with van der Waals surface area (Å²) in [4.78, 5) is 12.1. The van der Waals surface area contributed by atoms with Gasteiger partial charge in [-0.2, -0.15) is 0 Å². The minimum Gasteiger partial charge on any atom is -0.378 e. The molecule has 0 amide bonds. The van der Waals surface area contributed by atoms with E-state index < -0.39 is 0 Å². The zero-order valence-corrected chi connectivity index (χ0v) is 15.3. The number of guanidine groups is 1. The molecule has 5 nitrogen and oxygen atoms in total. The van der Waals surface area contributed by atoms with Crippen LogP contribution in [0.15, 0.2) is 29.3 Å². The number of nitrogens with zero attached hydrogens (tertiary/aromatic N) is 3.